The average Bonchev–Trinajstić information content (AvgIpc) is 2.28. The molecule has 0 spiro atoms. The maximum absolute atomic E-state index is 12.5. The highest BCUT2D eigenvalue weighted by molar-refractivity contribution is 9.10. The Bertz CT molecular complexity index is 586. The summed E-state index contributed by atoms with van der Waals surface area (Å²) in [5, 5.41) is 9.18. The number of aliphatic carboxylic acids is 1. The average molecular weight is 351 g/mol. The molecule has 0 aromatic carbocycles. The van der Waals surface area contributed by atoms with Gasteiger partial charge in [-0.05, 0) is 35.8 Å². The summed E-state index contributed by atoms with van der Waals surface area (Å²) < 4.78 is 26.4. The molecule has 106 valence electrons. The van der Waals surface area contributed by atoms with Crippen molar-refractivity contribution in [3.05, 3.63) is 22.9 Å². The molecule has 0 bridgehead atoms. The highest BCUT2D eigenvalue weighted by Gasteiger charge is 2.41. The Labute approximate surface area is 120 Å². The summed E-state index contributed by atoms with van der Waals surface area (Å²) in [6, 6.07) is 1.39. The molecular formula is C11H15BrN2O4S. The van der Waals surface area contributed by atoms with E-state index < -0.39 is 21.5 Å². The number of pyridine rings is 1. The number of carboxylic acids is 1. The van der Waals surface area contributed by atoms with Crippen LogP contribution in [-0.2, 0) is 14.8 Å². The van der Waals surface area contributed by atoms with E-state index in [1.165, 1.54) is 32.3 Å². The zero-order valence-electron chi connectivity index (χ0n) is 10.8. The number of rotatable bonds is 5. The van der Waals surface area contributed by atoms with Gasteiger partial charge in [0.05, 0.1) is 0 Å². The van der Waals surface area contributed by atoms with Crippen molar-refractivity contribution in [1.29, 1.82) is 0 Å². The molecule has 6 nitrogen and oxygen atoms in total. The normalized spacial score (nSPS) is 12.7. The molecule has 1 rings (SSSR count). The summed E-state index contributed by atoms with van der Waals surface area (Å²) in [4.78, 5) is 15.0. The molecule has 0 radical (unpaired) electrons. The molecule has 0 unspecified atom stereocenters. The number of halogens is 1. The number of nitrogens with zero attached hydrogens (tertiary/aromatic N) is 2. The quantitative estimate of drug-likeness (QED) is 0.873. The van der Waals surface area contributed by atoms with E-state index in [1.54, 1.807) is 6.92 Å². The molecule has 8 heteroatoms. The minimum Gasteiger partial charge on any atom is -0.480 e. The van der Waals surface area contributed by atoms with Gasteiger partial charge in [0.1, 0.15) is 10.4 Å². The maximum Gasteiger partial charge on any atom is 0.324 e. The minimum atomic E-state index is -3.92. The summed E-state index contributed by atoms with van der Waals surface area (Å²) >= 11 is 3.14. The van der Waals surface area contributed by atoms with E-state index in [2.05, 4.69) is 20.9 Å². The van der Waals surface area contributed by atoms with E-state index in [0.717, 1.165) is 4.31 Å². The fraction of sp³-hybridized carbons (Fsp3) is 0.455. The van der Waals surface area contributed by atoms with Crippen LogP contribution in [0.25, 0.3) is 0 Å². The van der Waals surface area contributed by atoms with Crippen LogP contribution in [0.1, 0.15) is 20.8 Å². The molecule has 1 N–H and O–H groups in total. The largest absolute Gasteiger partial charge is 0.480 e. The van der Waals surface area contributed by atoms with E-state index in [9.17, 15) is 18.3 Å². The first-order valence-corrected chi connectivity index (χ1v) is 7.74. The minimum absolute atomic E-state index is 0.0435. The van der Waals surface area contributed by atoms with Gasteiger partial charge in [0.2, 0.25) is 10.0 Å². The Balaban J connectivity index is 3.36. The summed E-state index contributed by atoms with van der Waals surface area (Å²) in [5.74, 6) is -1.21. The van der Waals surface area contributed by atoms with Crippen molar-refractivity contribution >= 4 is 31.9 Å². The summed E-state index contributed by atoms with van der Waals surface area (Å²) in [6.07, 6.45) is 2.65. The van der Waals surface area contributed by atoms with Crippen LogP contribution in [0, 0.1) is 0 Å². The molecule has 0 atom stereocenters. The maximum atomic E-state index is 12.5. The molecule has 1 heterocycles. The number of carbonyl (C=O) groups is 1. The van der Waals surface area contributed by atoms with Gasteiger partial charge in [-0.3, -0.25) is 9.78 Å². The topological polar surface area (TPSA) is 87.6 Å². The number of hydrogen-bond donors (Lipinski definition) is 1. The van der Waals surface area contributed by atoms with Crippen molar-refractivity contribution in [3.8, 4) is 0 Å². The van der Waals surface area contributed by atoms with Gasteiger partial charge >= 0.3 is 5.97 Å². The van der Waals surface area contributed by atoms with Gasteiger partial charge < -0.3 is 5.11 Å². The van der Waals surface area contributed by atoms with E-state index >= 15 is 0 Å². The summed E-state index contributed by atoms with van der Waals surface area (Å²) in [5.41, 5.74) is -1.53. The number of sulfonamides is 1. The lowest BCUT2D eigenvalue weighted by Crippen LogP contribution is -2.52. The zero-order chi connectivity index (χ0) is 14.8. The van der Waals surface area contributed by atoms with Gasteiger partial charge in [-0.1, -0.05) is 6.92 Å². The molecule has 19 heavy (non-hydrogen) atoms. The first kappa shape index (κ1) is 16.1. The Morgan fingerprint density at radius 1 is 1.47 bits per heavy atom. The third-order valence-corrected chi connectivity index (χ3v) is 5.25. The molecule has 0 saturated carbocycles. The predicted molar refractivity (Wildman–Crippen MR) is 73.2 cm³/mol. The Hall–Kier alpha value is -0.990. The Morgan fingerprint density at radius 3 is 2.47 bits per heavy atom. The van der Waals surface area contributed by atoms with Crippen LogP contribution in [0.2, 0.25) is 0 Å². The molecule has 1 aromatic heterocycles. The zero-order valence-corrected chi connectivity index (χ0v) is 13.2. The van der Waals surface area contributed by atoms with Crippen LogP contribution in [-0.4, -0.2) is 40.9 Å². The Kier molecular flexibility index (Phi) is 4.70. The van der Waals surface area contributed by atoms with Crippen molar-refractivity contribution in [2.75, 3.05) is 6.54 Å². The van der Waals surface area contributed by atoms with E-state index in [-0.39, 0.29) is 11.4 Å². The SMILES string of the molecule is CCN(C(C)(C)C(=O)O)S(=O)(=O)c1cncc(Br)c1. The fourth-order valence-corrected chi connectivity index (χ4v) is 3.89. The van der Waals surface area contributed by atoms with Crippen molar-refractivity contribution in [3.63, 3.8) is 0 Å². The third-order valence-electron chi connectivity index (χ3n) is 2.70. The van der Waals surface area contributed by atoms with Crippen LogP contribution in [0.15, 0.2) is 27.8 Å². The molecule has 0 aliphatic heterocycles. The second-order valence-corrected chi connectivity index (χ2v) is 7.15. The van der Waals surface area contributed by atoms with Crippen molar-refractivity contribution in [2.24, 2.45) is 0 Å². The molecular weight excluding hydrogens is 336 g/mol. The van der Waals surface area contributed by atoms with E-state index in [0.29, 0.717) is 4.47 Å². The van der Waals surface area contributed by atoms with Gasteiger partial charge in [0.25, 0.3) is 0 Å². The molecule has 0 amide bonds. The smallest absolute Gasteiger partial charge is 0.324 e. The van der Waals surface area contributed by atoms with Crippen molar-refractivity contribution < 1.29 is 18.3 Å². The second-order valence-electron chi connectivity index (χ2n) is 4.37. The van der Waals surface area contributed by atoms with Gasteiger partial charge in [0.15, 0.2) is 0 Å². The first-order valence-electron chi connectivity index (χ1n) is 5.50. The first-order chi connectivity index (χ1) is 8.64. The number of aromatic nitrogens is 1. The second kappa shape index (κ2) is 5.56. The highest BCUT2D eigenvalue weighted by atomic mass is 79.9. The monoisotopic (exact) mass is 350 g/mol. The molecule has 0 aliphatic rings. The summed E-state index contributed by atoms with van der Waals surface area (Å²) in [7, 11) is -3.92. The van der Waals surface area contributed by atoms with Crippen LogP contribution in [0.5, 0.6) is 0 Å². The standard InChI is InChI=1S/C11H15BrN2O4S/c1-4-14(11(2,3)10(15)16)19(17,18)9-5-8(12)6-13-7-9/h5-7H,4H2,1-3H3,(H,15,16). The van der Waals surface area contributed by atoms with Crippen molar-refractivity contribution in [1.82, 2.24) is 9.29 Å². The lowest BCUT2D eigenvalue weighted by molar-refractivity contribution is -0.146. The van der Waals surface area contributed by atoms with Crippen LogP contribution < -0.4 is 0 Å². The van der Waals surface area contributed by atoms with Crippen LogP contribution in [0.4, 0.5) is 0 Å². The molecule has 0 aliphatic carbocycles. The van der Waals surface area contributed by atoms with Crippen LogP contribution in [0.3, 0.4) is 0 Å². The third kappa shape index (κ3) is 3.13. The predicted octanol–water partition coefficient (Wildman–Crippen LogP) is 1.72. The van der Waals surface area contributed by atoms with Gasteiger partial charge in [0, 0.05) is 23.4 Å². The number of hydrogen-bond acceptors (Lipinski definition) is 4. The molecule has 1 aromatic rings. The Morgan fingerprint density at radius 2 is 2.05 bits per heavy atom. The van der Waals surface area contributed by atoms with Crippen LogP contribution >= 0.6 is 15.9 Å². The van der Waals surface area contributed by atoms with E-state index in [4.69, 9.17) is 0 Å². The number of likely N-dealkylation sites (N-methyl/N-ethyl adjacent to an activating group) is 1. The van der Waals surface area contributed by atoms with E-state index in [1.807, 2.05) is 0 Å². The fourth-order valence-electron chi connectivity index (χ4n) is 1.63. The van der Waals surface area contributed by atoms with Gasteiger partial charge in [-0.15, -0.1) is 0 Å². The lowest BCUT2D eigenvalue weighted by Gasteiger charge is -2.32. The lowest BCUT2D eigenvalue weighted by atomic mass is 10.1. The molecule has 0 fully saturated rings. The molecule has 0 saturated heterocycles. The highest BCUT2D eigenvalue weighted by Crippen LogP contribution is 2.25. The van der Waals surface area contributed by atoms with Gasteiger partial charge in [-0.25, -0.2) is 8.42 Å². The van der Waals surface area contributed by atoms with Crippen molar-refractivity contribution in [2.45, 2.75) is 31.2 Å². The van der Waals surface area contributed by atoms with Gasteiger partial charge in [-0.2, -0.15) is 4.31 Å². The summed E-state index contributed by atoms with van der Waals surface area (Å²) in [6.45, 7) is 4.34. The number of carboxylic acid groups (broad SMARTS) is 1.